The van der Waals surface area contributed by atoms with Crippen molar-refractivity contribution in [2.24, 2.45) is 0 Å². The number of nitrogens with two attached hydrogens (primary N) is 1. The Morgan fingerprint density at radius 1 is 1.28 bits per heavy atom. The lowest BCUT2D eigenvalue weighted by atomic mass is 10.3. The average molecular weight is 281 g/mol. The summed E-state index contributed by atoms with van der Waals surface area (Å²) in [6.45, 7) is 0. The molecule has 0 aliphatic carbocycles. The van der Waals surface area contributed by atoms with E-state index >= 15 is 0 Å². The standard InChI is InChI=1S/C11H11N3O2S2/c1-18(15,16)9-4-2-3-8(11(9)12)17-10-7-13-5-6-14-10/h2-7H,12H2,1H3. The number of rotatable bonds is 3. The molecule has 0 atom stereocenters. The fourth-order valence-electron chi connectivity index (χ4n) is 1.39. The van der Waals surface area contributed by atoms with Gasteiger partial charge in [0.05, 0.1) is 16.8 Å². The van der Waals surface area contributed by atoms with E-state index in [2.05, 4.69) is 9.97 Å². The molecule has 0 radical (unpaired) electrons. The number of hydrogen-bond acceptors (Lipinski definition) is 6. The summed E-state index contributed by atoms with van der Waals surface area (Å²) in [4.78, 5) is 8.83. The lowest BCUT2D eigenvalue weighted by Gasteiger charge is -2.08. The van der Waals surface area contributed by atoms with E-state index in [1.807, 2.05) is 0 Å². The van der Waals surface area contributed by atoms with E-state index in [0.29, 0.717) is 9.92 Å². The lowest BCUT2D eigenvalue weighted by molar-refractivity contribution is 0.602. The predicted octanol–water partition coefficient (Wildman–Crippen LogP) is 1.61. The van der Waals surface area contributed by atoms with Crippen molar-refractivity contribution in [3.63, 3.8) is 0 Å². The van der Waals surface area contributed by atoms with E-state index in [4.69, 9.17) is 5.73 Å². The van der Waals surface area contributed by atoms with Gasteiger partial charge in [-0.05, 0) is 12.1 Å². The number of benzene rings is 1. The fraction of sp³-hybridized carbons (Fsp3) is 0.0909. The van der Waals surface area contributed by atoms with Crippen molar-refractivity contribution in [1.29, 1.82) is 0 Å². The summed E-state index contributed by atoms with van der Waals surface area (Å²) < 4.78 is 23.1. The number of sulfone groups is 1. The summed E-state index contributed by atoms with van der Waals surface area (Å²) >= 11 is 1.28. The lowest BCUT2D eigenvalue weighted by Crippen LogP contribution is -2.03. The number of para-hydroxylation sites is 1. The molecule has 2 rings (SSSR count). The fourth-order valence-corrected chi connectivity index (χ4v) is 3.11. The van der Waals surface area contributed by atoms with Gasteiger partial charge >= 0.3 is 0 Å². The van der Waals surface area contributed by atoms with E-state index in [1.54, 1.807) is 30.7 Å². The smallest absolute Gasteiger partial charge is 0.177 e. The molecule has 0 saturated carbocycles. The van der Waals surface area contributed by atoms with Crippen LogP contribution in [0.3, 0.4) is 0 Å². The van der Waals surface area contributed by atoms with Gasteiger partial charge in [0.1, 0.15) is 5.03 Å². The molecule has 1 aromatic carbocycles. The van der Waals surface area contributed by atoms with Crippen molar-refractivity contribution in [2.45, 2.75) is 14.8 Å². The third kappa shape index (κ3) is 2.80. The molecule has 94 valence electrons. The van der Waals surface area contributed by atoms with Crippen LogP contribution >= 0.6 is 11.8 Å². The first-order chi connectivity index (χ1) is 8.48. The van der Waals surface area contributed by atoms with Crippen molar-refractivity contribution in [1.82, 2.24) is 9.97 Å². The van der Waals surface area contributed by atoms with E-state index < -0.39 is 9.84 Å². The van der Waals surface area contributed by atoms with Crippen LogP contribution in [0.1, 0.15) is 0 Å². The van der Waals surface area contributed by atoms with Crippen molar-refractivity contribution in [2.75, 3.05) is 12.0 Å². The Labute approximate surface area is 109 Å². The summed E-state index contributed by atoms with van der Waals surface area (Å²) in [7, 11) is -3.32. The molecule has 5 nitrogen and oxygen atoms in total. The average Bonchev–Trinajstić information content (AvgIpc) is 2.32. The molecule has 0 spiro atoms. The maximum Gasteiger partial charge on any atom is 0.177 e. The van der Waals surface area contributed by atoms with Gasteiger partial charge in [0.15, 0.2) is 9.84 Å². The maximum absolute atomic E-state index is 11.5. The molecule has 18 heavy (non-hydrogen) atoms. The Hall–Kier alpha value is -1.60. The van der Waals surface area contributed by atoms with Crippen LogP contribution in [-0.4, -0.2) is 24.6 Å². The zero-order valence-corrected chi connectivity index (χ0v) is 11.2. The van der Waals surface area contributed by atoms with Crippen molar-refractivity contribution in [3.05, 3.63) is 36.8 Å². The van der Waals surface area contributed by atoms with Gasteiger partial charge in [-0.25, -0.2) is 13.4 Å². The van der Waals surface area contributed by atoms with E-state index in [0.717, 1.165) is 6.26 Å². The van der Waals surface area contributed by atoms with E-state index in [-0.39, 0.29) is 10.6 Å². The van der Waals surface area contributed by atoms with Gasteiger partial charge in [-0.3, -0.25) is 4.98 Å². The SMILES string of the molecule is CS(=O)(=O)c1cccc(Sc2cnccn2)c1N. The Morgan fingerprint density at radius 3 is 2.67 bits per heavy atom. The Morgan fingerprint density at radius 2 is 2.06 bits per heavy atom. The van der Waals surface area contributed by atoms with Gasteiger partial charge in [0.2, 0.25) is 0 Å². The predicted molar refractivity (Wildman–Crippen MR) is 70.1 cm³/mol. The highest BCUT2D eigenvalue weighted by atomic mass is 32.2. The first-order valence-corrected chi connectivity index (χ1v) is 7.71. The molecular formula is C11H11N3O2S2. The number of anilines is 1. The quantitative estimate of drug-likeness (QED) is 0.860. The summed E-state index contributed by atoms with van der Waals surface area (Å²) in [5.74, 6) is 0. The van der Waals surface area contributed by atoms with Gasteiger partial charge in [-0.15, -0.1) is 0 Å². The van der Waals surface area contributed by atoms with Gasteiger partial charge in [-0.2, -0.15) is 0 Å². The van der Waals surface area contributed by atoms with Crippen LogP contribution in [0.4, 0.5) is 5.69 Å². The number of aromatic nitrogens is 2. The van der Waals surface area contributed by atoms with Crippen LogP contribution in [0.25, 0.3) is 0 Å². The molecule has 0 aliphatic rings. The highest BCUT2D eigenvalue weighted by Crippen LogP contribution is 2.33. The Balaban J connectivity index is 2.42. The molecule has 1 heterocycles. The first kappa shape index (κ1) is 12.8. The summed E-state index contributed by atoms with van der Waals surface area (Å²) in [6, 6.07) is 4.90. The zero-order chi connectivity index (χ0) is 13.2. The van der Waals surface area contributed by atoms with Gasteiger partial charge in [0, 0.05) is 23.5 Å². The second-order valence-corrected chi connectivity index (χ2v) is 6.63. The minimum Gasteiger partial charge on any atom is -0.397 e. The summed E-state index contributed by atoms with van der Waals surface area (Å²) in [5, 5.41) is 0.662. The zero-order valence-electron chi connectivity index (χ0n) is 9.57. The third-order valence-corrected chi connectivity index (χ3v) is 4.33. The van der Waals surface area contributed by atoms with Crippen LogP contribution in [0.5, 0.6) is 0 Å². The molecule has 2 aromatic rings. The van der Waals surface area contributed by atoms with Crippen LogP contribution in [-0.2, 0) is 9.84 Å². The van der Waals surface area contributed by atoms with Crippen LogP contribution in [0.2, 0.25) is 0 Å². The van der Waals surface area contributed by atoms with Crippen LogP contribution in [0.15, 0.2) is 51.6 Å². The van der Waals surface area contributed by atoms with Crippen LogP contribution in [0, 0.1) is 0 Å². The van der Waals surface area contributed by atoms with Crippen molar-refractivity contribution < 1.29 is 8.42 Å². The first-order valence-electron chi connectivity index (χ1n) is 5.01. The molecule has 7 heteroatoms. The molecule has 0 amide bonds. The number of nitrogen functional groups attached to an aromatic ring is 1. The molecule has 0 fully saturated rings. The minimum absolute atomic E-state index is 0.136. The Bertz CT molecular complexity index is 657. The topological polar surface area (TPSA) is 85.9 Å². The van der Waals surface area contributed by atoms with Crippen molar-refractivity contribution in [3.8, 4) is 0 Å². The molecular weight excluding hydrogens is 270 g/mol. The Kier molecular flexibility index (Phi) is 3.53. The maximum atomic E-state index is 11.5. The molecule has 0 unspecified atom stereocenters. The number of hydrogen-bond donors (Lipinski definition) is 1. The minimum atomic E-state index is -3.32. The second kappa shape index (κ2) is 4.95. The van der Waals surface area contributed by atoms with Crippen LogP contribution < -0.4 is 5.73 Å². The normalized spacial score (nSPS) is 11.4. The summed E-state index contributed by atoms with van der Waals surface area (Å²) in [5.41, 5.74) is 6.12. The molecule has 0 aliphatic heterocycles. The van der Waals surface area contributed by atoms with E-state index in [9.17, 15) is 8.42 Å². The van der Waals surface area contributed by atoms with Gasteiger partial charge in [0.25, 0.3) is 0 Å². The third-order valence-electron chi connectivity index (χ3n) is 2.18. The molecule has 1 aromatic heterocycles. The molecule has 2 N–H and O–H groups in total. The molecule has 0 saturated heterocycles. The van der Waals surface area contributed by atoms with Gasteiger partial charge < -0.3 is 5.73 Å². The second-order valence-electron chi connectivity index (χ2n) is 3.59. The monoisotopic (exact) mass is 281 g/mol. The van der Waals surface area contributed by atoms with Crippen molar-refractivity contribution >= 4 is 27.3 Å². The molecule has 0 bridgehead atoms. The highest BCUT2D eigenvalue weighted by Gasteiger charge is 2.14. The summed E-state index contributed by atoms with van der Waals surface area (Å²) in [6.07, 6.45) is 5.87. The van der Waals surface area contributed by atoms with E-state index in [1.165, 1.54) is 17.8 Å². The largest absolute Gasteiger partial charge is 0.397 e. The van der Waals surface area contributed by atoms with Gasteiger partial charge in [-0.1, -0.05) is 17.8 Å². The highest BCUT2D eigenvalue weighted by molar-refractivity contribution is 7.99. The number of nitrogens with zero attached hydrogens (tertiary/aromatic N) is 2.